The van der Waals surface area contributed by atoms with E-state index in [2.05, 4.69) is 5.32 Å². The van der Waals surface area contributed by atoms with Crippen molar-refractivity contribution in [3.05, 3.63) is 88.4 Å². The van der Waals surface area contributed by atoms with Crippen LogP contribution in [0.1, 0.15) is 24.0 Å². The molecule has 0 radical (unpaired) electrons. The lowest BCUT2D eigenvalue weighted by molar-refractivity contribution is -0.144. The Balaban J connectivity index is 2.19. The Morgan fingerprint density at radius 3 is 2.13 bits per heavy atom. The lowest BCUT2D eigenvalue weighted by Crippen LogP contribution is -2.33. The summed E-state index contributed by atoms with van der Waals surface area (Å²) in [6, 6.07) is 13.5. The number of carbonyl (C=O) groups excluding carboxylic acids is 2. The summed E-state index contributed by atoms with van der Waals surface area (Å²) in [5.74, 6) is -2.88. The number of rotatable bonds is 5. The monoisotopic (exact) mass is 409 g/mol. The van der Waals surface area contributed by atoms with Gasteiger partial charge in [0.25, 0.3) is 0 Å². The SMILES string of the molecule is COC(=O)C1=C(Nc2ccc(C)cc2)C=C(C)[C@@H](C(=O)OC)[C@H]1c1ccc(F)cc1. The van der Waals surface area contributed by atoms with Crippen molar-refractivity contribution >= 4 is 17.6 Å². The molecular weight excluding hydrogens is 385 g/mol. The summed E-state index contributed by atoms with van der Waals surface area (Å²) in [5, 5.41) is 3.27. The van der Waals surface area contributed by atoms with Gasteiger partial charge in [-0.2, -0.15) is 0 Å². The summed E-state index contributed by atoms with van der Waals surface area (Å²) in [5.41, 5.74) is 4.04. The molecule has 0 saturated heterocycles. The molecule has 0 saturated carbocycles. The number of benzene rings is 2. The first-order chi connectivity index (χ1) is 14.3. The lowest BCUT2D eigenvalue weighted by atomic mass is 9.73. The molecule has 0 bridgehead atoms. The lowest BCUT2D eigenvalue weighted by Gasteiger charge is -2.33. The van der Waals surface area contributed by atoms with E-state index in [9.17, 15) is 14.0 Å². The predicted molar refractivity (Wildman–Crippen MR) is 112 cm³/mol. The quantitative estimate of drug-likeness (QED) is 0.737. The third kappa shape index (κ3) is 4.27. The van der Waals surface area contributed by atoms with Crippen LogP contribution in [-0.4, -0.2) is 26.2 Å². The zero-order valence-corrected chi connectivity index (χ0v) is 17.4. The second kappa shape index (κ2) is 8.95. The van der Waals surface area contributed by atoms with Gasteiger partial charge >= 0.3 is 11.9 Å². The topological polar surface area (TPSA) is 64.6 Å². The third-order valence-electron chi connectivity index (χ3n) is 5.22. The highest BCUT2D eigenvalue weighted by Gasteiger charge is 2.41. The number of esters is 2. The molecule has 5 nitrogen and oxygen atoms in total. The van der Waals surface area contributed by atoms with Crippen LogP contribution in [0, 0.1) is 18.7 Å². The number of halogens is 1. The minimum Gasteiger partial charge on any atom is -0.469 e. The molecule has 0 fully saturated rings. The van der Waals surface area contributed by atoms with E-state index in [1.807, 2.05) is 38.1 Å². The van der Waals surface area contributed by atoms with Crippen LogP contribution in [0.2, 0.25) is 0 Å². The molecule has 1 N–H and O–H groups in total. The molecule has 0 aliphatic heterocycles. The van der Waals surface area contributed by atoms with Crippen LogP contribution in [0.3, 0.4) is 0 Å². The van der Waals surface area contributed by atoms with Crippen molar-refractivity contribution in [2.45, 2.75) is 19.8 Å². The van der Waals surface area contributed by atoms with Crippen molar-refractivity contribution in [1.29, 1.82) is 0 Å². The number of hydrogen-bond acceptors (Lipinski definition) is 5. The average molecular weight is 409 g/mol. The van der Waals surface area contributed by atoms with Crippen molar-refractivity contribution < 1.29 is 23.5 Å². The molecular formula is C24H24FNO4. The van der Waals surface area contributed by atoms with Crippen LogP contribution in [0.15, 0.2) is 71.5 Å². The van der Waals surface area contributed by atoms with Crippen LogP contribution in [0.5, 0.6) is 0 Å². The number of anilines is 1. The maximum absolute atomic E-state index is 13.6. The van der Waals surface area contributed by atoms with Crippen molar-refractivity contribution in [3.63, 3.8) is 0 Å². The second-order valence-corrected chi connectivity index (χ2v) is 7.23. The van der Waals surface area contributed by atoms with Gasteiger partial charge in [0.2, 0.25) is 0 Å². The molecule has 2 aromatic carbocycles. The van der Waals surface area contributed by atoms with Gasteiger partial charge in [-0.1, -0.05) is 35.4 Å². The Labute approximate surface area is 175 Å². The highest BCUT2D eigenvalue weighted by atomic mass is 19.1. The van der Waals surface area contributed by atoms with E-state index in [1.165, 1.54) is 26.4 Å². The van der Waals surface area contributed by atoms with Gasteiger partial charge in [-0.3, -0.25) is 4.79 Å². The third-order valence-corrected chi connectivity index (χ3v) is 5.22. The molecule has 2 aromatic rings. The van der Waals surface area contributed by atoms with Gasteiger partial charge in [0.15, 0.2) is 0 Å². The van der Waals surface area contributed by atoms with Crippen LogP contribution in [-0.2, 0) is 19.1 Å². The van der Waals surface area contributed by atoms with E-state index in [0.29, 0.717) is 11.3 Å². The van der Waals surface area contributed by atoms with Gasteiger partial charge < -0.3 is 14.8 Å². The molecule has 1 aliphatic rings. The zero-order chi connectivity index (χ0) is 21.8. The number of nitrogens with one attached hydrogen (secondary N) is 1. The second-order valence-electron chi connectivity index (χ2n) is 7.23. The molecule has 0 amide bonds. The maximum atomic E-state index is 13.6. The number of allylic oxidation sites excluding steroid dienone is 1. The minimum atomic E-state index is -0.738. The standard InChI is InChI=1S/C24H24FNO4/c1-14-5-11-18(12-6-14)26-19-13-15(2)20(23(27)29-3)21(22(19)24(28)30-4)16-7-9-17(25)10-8-16/h5-13,20-21,26H,1-4H3/t20-,21-/m1/s1. The Bertz CT molecular complexity index is 1010. The molecule has 3 rings (SSSR count). The minimum absolute atomic E-state index is 0.283. The summed E-state index contributed by atoms with van der Waals surface area (Å²) < 4.78 is 23.6. The van der Waals surface area contributed by atoms with E-state index in [0.717, 1.165) is 16.8 Å². The largest absolute Gasteiger partial charge is 0.469 e. The number of methoxy groups -OCH3 is 2. The Hall–Kier alpha value is -3.41. The predicted octanol–water partition coefficient (Wildman–Crippen LogP) is 4.51. The van der Waals surface area contributed by atoms with E-state index in [-0.39, 0.29) is 5.57 Å². The van der Waals surface area contributed by atoms with Crippen LogP contribution < -0.4 is 5.32 Å². The summed E-state index contributed by atoms with van der Waals surface area (Å²) in [6.07, 6.45) is 1.76. The average Bonchev–Trinajstić information content (AvgIpc) is 2.74. The Morgan fingerprint density at radius 2 is 1.57 bits per heavy atom. The first-order valence-electron chi connectivity index (χ1n) is 9.53. The van der Waals surface area contributed by atoms with Gasteiger partial charge in [-0.15, -0.1) is 0 Å². The highest BCUT2D eigenvalue weighted by Crippen LogP contribution is 2.43. The van der Waals surface area contributed by atoms with Gasteiger partial charge in [0, 0.05) is 17.3 Å². The van der Waals surface area contributed by atoms with Crippen molar-refractivity contribution in [3.8, 4) is 0 Å². The number of carbonyl (C=O) groups is 2. The fourth-order valence-corrected chi connectivity index (χ4v) is 3.71. The molecule has 0 unspecified atom stereocenters. The summed E-state index contributed by atoms with van der Waals surface area (Å²) in [6.45, 7) is 3.79. The van der Waals surface area contributed by atoms with Crippen LogP contribution in [0.4, 0.5) is 10.1 Å². The van der Waals surface area contributed by atoms with Crippen molar-refractivity contribution in [1.82, 2.24) is 0 Å². The fourth-order valence-electron chi connectivity index (χ4n) is 3.71. The van der Waals surface area contributed by atoms with E-state index in [4.69, 9.17) is 9.47 Å². The van der Waals surface area contributed by atoms with Gasteiger partial charge in [0.1, 0.15) is 5.82 Å². The van der Waals surface area contributed by atoms with Crippen LogP contribution >= 0.6 is 0 Å². The molecule has 1 aliphatic carbocycles. The molecule has 0 heterocycles. The maximum Gasteiger partial charge on any atom is 0.336 e. The molecule has 0 aromatic heterocycles. The fraction of sp³-hybridized carbons (Fsp3) is 0.250. The van der Waals surface area contributed by atoms with E-state index >= 15 is 0 Å². The Morgan fingerprint density at radius 1 is 0.933 bits per heavy atom. The van der Waals surface area contributed by atoms with Gasteiger partial charge in [-0.25, -0.2) is 9.18 Å². The van der Waals surface area contributed by atoms with Gasteiger partial charge in [-0.05, 0) is 49.8 Å². The van der Waals surface area contributed by atoms with E-state index < -0.39 is 29.6 Å². The number of hydrogen-bond donors (Lipinski definition) is 1. The molecule has 6 heteroatoms. The number of aryl methyl sites for hydroxylation is 1. The molecule has 2 atom stereocenters. The summed E-state index contributed by atoms with van der Waals surface area (Å²) in [4.78, 5) is 25.5. The van der Waals surface area contributed by atoms with Gasteiger partial charge in [0.05, 0.1) is 25.7 Å². The summed E-state index contributed by atoms with van der Waals surface area (Å²) in [7, 11) is 2.60. The first kappa shape index (κ1) is 21.3. The molecule has 0 spiro atoms. The number of ether oxygens (including phenoxy) is 2. The van der Waals surface area contributed by atoms with Crippen molar-refractivity contribution in [2.24, 2.45) is 5.92 Å². The molecule has 30 heavy (non-hydrogen) atoms. The normalized spacial score (nSPS) is 18.5. The first-order valence-corrected chi connectivity index (χ1v) is 9.53. The summed E-state index contributed by atoms with van der Waals surface area (Å²) >= 11 is 0. The smallest absolute Gasteiger partial charge is 0.336 e. The zero-order valence-electron chi connectivity index (χ0n) is 17.4. The highest BCUT2D eigenvalue weighted by molar-refractivity contribution is 5.95. The van der Waals surface area contributed by atoms with E-state index in [1.54, 1.807) is 18.2 Å². The molecule has 156 valence electrons. The Kier molecular flexibility index (Phi) is 6.35. The van der Waals surface area contributed by atoms with Crippen LogP contribution in [0.25, 0.3) is 0 Å². The van der Waals surface area contributed by atoms with Crippen molar-refractivity contribution in [2.75, 3.05) is 19.5 Å².